The van der Waals surface area contributed by atoms with Crippen molar-refractivity contribution in [3.63, 3.8) is 0 Å². The van der Waals surface area contributed by atoms with Gasteiger partial charge >= 0.3 is 0 Å². The van der Waals surface area contributed by atoms with Crippen molar-refractivity contribution in [1.82, 2.24) is 39.4 Å². The Kier molecular flexibility index (Phi) is 6.07. The highest BCUT2D eigenvalue weighted by molar-refractivity contribution is 6.40. The molecule has 0 spiro atoms. The molecule has 0 fully saturated rings. The Morgan fingerprint density at radius 2 is 1.89 bits per heavy atom. The molecule has 1 aliphatic carbocycles. The van der Waals surface area contributed by atoms with E-state index >= 15 is 0 Å². The summed E-state index contributed by atoms with van der Waals surface area (Å²) in [6.45, 7) is 6.56. The number of hydrogen-bond donors (Lipinski definition) is 0. The number of carbonyl (C=O) groups excluding carboxylic acids is 1. The zero-order valence-electron chi connectivity index (χ0n) is 21.3. The molecule has 4 aromatic heterocycles. The van der Waals surface area contributed by atoms with E-state index in [1.165, 1.54) is 0 Å². The van der Waals surface area contributed by atoms with E-state index in [-0.39, 0.29) is 22.2 Å². The molecule has 0 N–H and O–H groups in total. The molecule has 0 saturated heterocycles. The fraction of sp³-hybridized carbons (Fsp3) is 0.333. The lowest BCUT2D eigenvalue weighted by molar-refractivity contribution is 0.0940. The maximum absolute atomic E-state index is 13.9. The van der Waals surface area contributed by atoms with Crippen molar-refractivity contribution >= 4 is 34.5 Å². The summed E-state index contributed by atoms with van der Waals surface area (Å²) in [7, 11) is 0. The highest BCUT2D eigenvalue weighted by Crippen LogP contribution is 2.43. The van der Waals surface area contributed by atoms with Gasteiger partial charge in [0, 0.05) is 36.3 Å². The molecule has 0 radical (unpaired) electrons. The molecule has 1 atom stereocenters. The number of Topliss-reactive ketones (excluding diaryl/α,β-unsaturated/α-hetero) is 1. The molecule has 1 unspecified atom stereocenters. The summed E-state index contributed by atoms with van der Waals surface area (Å²) in [6, 6.07) is 7.58. The molecule has 4 heterocycles. The van der Waals surface area contributed by atoms with Gasteiger partial charge in [-0.2, -0.15) is 10.2 Å². The van der Waals surface area contributed by atoms with Crippen molar-refractivity contribution in [3.05, 3.63) is 86.9 Å². The van der Waals surface area contributed by atoms with Crippen LogP contribution in [0.25, 0.3) is 11.2 Å². The summed E-state index contributed by atoms with van der Waals surface area (Å²) in [5, 5.41) is 18.5. The van der Waals surface area contributed by atoms with Crippen LogP contribution in [-0.4, -0.2) is 45.2 Å². The molecule has 0 aliphatic heterocycles. The van der Waals surface area contributed by atoms with E-state index in [0.29, 0.717) is 36.5 Å². The first kappa shape index (κ1) is 24.8. The van der Waals surface area contributed by atoms with Crippen LogP contribution in [0.3, 0.4) is 0 Å². The van der Waals surface area contributed by atoms with Gasteiger partial charge in [0.05, 0.1) is 38.2 Å². The maximum atomic E-state index is 13.9. The summed E-state index contributed by atoms with van der Waals surface area (Å²) in [6.07, 6.45) is 7.83. The second-order valence-corrected chi connectivity index (χ2v) is 10.8. The third-order valence-corrected chi connectivity index (χ3v) is 8.00. The van der Waals surface area contributed by atoms with Gasteiger partial charge in [0.1, 0.15) is 12.2 Å². The van der Waals surface area contributed by atoms with Gasteiger partial charge in [-0.15, -0.1) is 5.10 Å². The number of carbonyl (C=O) groups is 1. The van der Waals surface area contributed by atoms with Gasteiger partial charge in [-0.25, -0.2) is 14.2 Å². The summed E-state index contributed by atoms with van der Waals surface area (Å²) < 4.78 is 5.33. The van der Waals surface area contributed by atoms with Crippen LogP contribution < -0.4 is 0 Å². The smallest absolute Gasteiger partial charge is 0.166 e. The second kappa shape index (κ2) is 9.32. The third-order valence-electron chi connectivity index (χ3n) is 7.40. The van der Waals surface area contributed by atoms with E-state index in [2.05, 4.69) is 39.5 Å². The first-order valence-corrected chi connectivity index (χ1v) is 13.3. The van der Waals surface area contributed by atoms with E-state index < -0.39 is 5.41 Å². The standard InChI is InChI=1S/C27H26Cl2N8O/c1-4-35-14-25(31-34-35)27(8-7-22-19(11-27)23-6-5-16(2)13-36(23)33-22)12-24(38)26-20(28)9-18(10-21(26)29)37-15-30-17(3)32-37/h5-6,9-10,13-15H,4,7-8,11-12H2,1-3H3. The Morgan fingerprint density at radius 1 is 1.11 bits per heavy atom. The van der Waals surface area contributed by atoms with Gasteiger partial charge in [0.2, 0.25) is 0 Å². The Balaban J connectivity index is 1.40. The minimum absolute atomic E-state index is 0.136. The zero-order chi connectivity index (χ0) is 26.6. The maximum Gasteiger partial charge on any atom is 0.166 e. The molecule has 1 aromatic carbocycles. The quantitative estimate of drug-likeness (QED) is 0.272. The van der Waals surface area contributed by atoms with Crippen molar-refractivity contribution in [2.24, 2.45) is 0 Å². The monoisotopic (exact) mass is 548 g/mol. The number of pyridine rings is 1. The van der Waals surface area contributed by atoms with Crippen LogP contribution in [0.1, 0.15) is 58.5 Å². The highest BCUT2D eigenvalue weighted by atomic mass is 35.5. The summed E-state index contributed by atoms with van der Waals surface area (Å²) >= 11 is 13.3. The van der Waals surface area contributed by atoms with Gasteiger partial charge in [0.25, 0.3) is 0 Å². The minimum atomic E-state index is -0.569. The topological polar surface area (TPSA) is 95.8 Å². The molecule has 0 amide bonds. The van der Waals surface area contributed by atoms with Crippen molar-refractivity contribution in [2.45, 2.75) is 58.4 Å². The van der Waals surface area contributed by atoms with Crippen LogP contribution in [0.2, 0.25) is 10.0 Å². The van der Waals surface area contributed by atoms with E-state index in [4.69, 9.17) is 28.3 Å². The van der Waals surface area contributed by atoms with Crippen molar-refractivity contribution in [3.8, 4) is 5.69 Å². The molecule has 9 nitrogen and oxygen atoms in total. The lowest BCUT2D eigenvalue weighted by Gasteiger charge is -2.35. The average molecular weight is 549 g/mol. The van der Waals surface area contributed by atoms with Crippen LogP contribution in [0, 0.1) is 13.8 Å². The van der Waals surface area contributed by atoms with E-state index in [1.807, 2.05) is 23.8 Å². The minimum Gasteiger partial charge on any atom is -0.294 e. The Hall–Kier alpha value is -3.56. The molecule has 1 aliphatic rings. The average Bonchev–Trinajstić information content (AvgIpc) is 3.61. The number of aromatic nitrogens is 8. The Morgan fingerprint density at radius 3 is 2.58 bits per heavy atom. The largest absolute Gasteiger partial charge is 0.294 e. The van der Waals surface area contributed by atoms with E-state index in [9.17, 15) is 4.79 Å². The normalized spacial score (nSPS) is 17.2. The Labute approximate surface area is 229 Å². The Bertz CT molecular complexity index is 1680. The number of aryl methyl sites for hydroxylation is 4. The van der Waals surface area contributed by atoms with E-state index in [0.717, 1.165) is 34.5 Å². The van der Waals surface area contributed by atoms with E-state index in [1.54, 1.807) is 34.7 Å². The first-order valence-electron chi connectivity index (χ1n) is 12.5. The molecule has 194 valence electrons. The predicted molar refractivity (Wildman–Crippen MR) is 144 cm³/mol. The first-order chi connectivity index (χ1) is 18.3. The summed E-state index contributed by atoms with van der Waals surface area (Å²) in [4.78, 5) is 18.1. The molecule has 0 saturated carbocycles. The molecule has 38 heavy (non-hydrogen) atoms. The second-order valence-electron chi connectivity index (χ2n) is 10.00. The third kappa shape index (κ3) is 4.19. The van der Waals surface area contributed by atoms with Gasteiger partial charge in [-0.3, -0.25) is 9.48 Å². The molecular formula is C27H26Cl2N8O. The predicted octanol–water partition coefficient (Wildman–Crippen LogP) is 5.15. The molecule has 5 aromatic rings. The molecule has 11 heteroatoms. The van der Waals surface area contributed by atoms with Crippen LogP contribution in [0.15, 0.2) is 43.0 Å². The number of rotatable bonds is 6. The van der Waals surface area contributed by atoms with Crippen molar-refractivity contribution in [2.75, 3.05) is 0 Å². The number of benzene rings is 1. The van der Waals surface area contributed by atoms with Crippen LogP contribution in [0.5, 0.6) is 0 Å². The van der Waals surface area contributed by atoms with Gasteiger partial charge in [0.15, 0.2) is 5.78 Å². The van der Waals surface area contributed by atoms with Gasteiger partial charge < -0.3 is 0 Å². The zero-order valence-corrected chi connectivity index (χ0v) is 22.8. The number of fused-ring (bicyclic) bond motifs is 3. The fourth-order valence-corrected chi connectivity index (χ4v) is 6.10. The van der Waals surface area contributed by atoms with Crippen LogP contribution in [-0.2, 0) is 24.8 Å². The van der Waals surface area contributed by atoms with Gasteiger partial charge in [-0.05, 0) is 63.8 Å². The lowest BCUT2D eigenvalue weighted by atomic mass is 9.67. The van der Waals surface area contributed by atoms with Crippen molar-refractivity contribution < 1.29 is 4.79 Å². The molecular weight excluding hydrogens is 523 g/mol. The van der Waals surface area contributed by atoms with Crippen molar-refractivity contribution in [1.29, 1.82) is 0 Å². The van der Waals surface area contributed by atoms with Crippen LogP contribution >= 0.6 is 23.2 Å². The molecule has 0 bridgehead atoms. The van der Waals surface area contributed by atoms with Crippen LogP contribution in [0.4, 0.5) is 0 Å². The highest BCUT2D eigenvalue weighted by Gasteiger charge is 2.43. The van der Waals surface area contributed by atoms with Gasteiger partial charge in [-0.1, -0.05) is 34.5 Å². The summed E-state index contributed by atoms with van der Waals surface area (Å²) in [5.74, 6) is 0.488. The summed E-state index contributed by atoms with van der Waals surface area (Å²) in [5.41, 5.74) is 5.56. The lowest BCUT2D eigenvalue weighted by Crippen LogP contribution is -2.36. The number of ketones is 1. The fourth-order valence-electron chi connectivity index (χ4n) is 5.41. The molecule has 6 rings (SSSR count). The number of nitrogens with zero attached hydrogens (tertiary/aromatic N) is 8. The number of hydrogen-bond acceptors (Lipinski definition) is 6. The number of halogens is 2. The SMILES string of the molecule is CCn1cc(C2(CC(=O)c3c(Cl)cc(-n4cnc(C)n4)cc3Cl)CCc3nn4cc(C)ccc4c3C2)nn1.